The average Bonchev–Trinajstić information content (AvgIpc) is 3.67. The van der Waals surface area contributed by atoms with E-state index in [1.807, 2.05) is 30.5 Å². The van der Waals surface area contributed by atoms with Gasteiger partial charge in [-0.05, 0) is 54.8 Å². The summed E-state index contributed by atoms with van der Waals surface area (Å²) in [5.74, 6) is 0.0946. The molecule has 1 saturated heterocycles. The number of likely N-dealkylation sites (tertiary alicyclic amines) is 1. The number of amides is 1. The van der Waals surface area contributed by atoms with Gasteiger partial charge in [-0.15, -0.1) is 0 Å². The summed E-state index contributed by atoms with van der Waals surface area (Å²) in [5.41, 5.74) is 5.71. The lowest BCUT2D eigenvalue weighted by Gasteiger charge is -2.44. The SMILES string of the molecule is CO[C@H]1[C@H](NC(=O)c2ccco2)c2ccccc2C12CCN(Cc1cn[nH]c1-c1ccccc1)CC2. The molecule has 0 unspecified atom stereocenters. The van der Waals surface area contributed by atoms with Crippen molar-refractivity contribution in [1.29, 1.82) is 0 Å². The van der Waals surface area contributed by atoms with Gasteiger partial charge < -0.3 is 14.5 Å². The van der Waals surface area contributed by atoms with E-state index in [2.05, 4.69) is 50.7 Å². The van der Waals surface area contributed by atoms with Crippen molar-refractivity contribution in [3.05, 3.63) is 102 Å². The summed E-state index contributed by atoms with van der Waals surface area (Å²) in [6.45, 7) is 2.72. The Morgan fingerprint density at radius 3 is 2.64 bits per heavy atom. The van der Waals surface area contributed by atoms with E-state index in [1.165, 1.54) is 17.4 Å². The number of methoxy groups -OCH3 is 1. The van der Waals surface area contributed by atoms with Crippen LogP contribution >= 0.6 is 0 Å². The summed E-state index contributed by atoms with van der Waals surface area (Å²) in [5, 5.41) is 10.7. The molecule has 184 valence electrons. The Kier molecular flexibility index (Phi) is 5.95. The molecule has 6 rings (SSSR count). The first-order valence-electron chi connectivity index (χ1n) is 12.5. The number of nitrogens with one attached hydrogen (secondary N) is 2. The van der Waals surface area contributed by atoms with Gasteiger partial charge in [0.1, 0.15) is 0 Å². The highest BCUT2D eigenvalue weighted by atomic mass is 16.5. The first-order valence-corrected chi connectivity index (χ1v) is 12.5. The number of carbonyl (C=O) groups excluding carboxylic acids is 1. The van der Waals surface area contributed by atoms with E-state index in [0.717, 1.165) is 49.3 Å². The molecule has 3 heterocycles. The van der Waals surface area contributed by atoms with Crippen LogP contribution in [0.15, 0.2) is 83.6 Å². The molecule has 1 amide bonds. The number of fused-ring (bicyclic) bond motifs is 2. The van der Waals surface area contributed by atoms with Crippen LogP contribution in [0.4, 0.5) is 0 Å². The lowest BCUT2D eigenvalue weighted by molar-refractivity contribution is -0.0123. The molecular formula is C29H30N4O3. The van der Waals surface area contributed by atoms with Gasteiger partial charge in [0.05, 0.1) is 30.3 Å². The molecule has 2 atom stereocenters. The van der Waals surface area contributed by atoms with E-state index < -0.39 is 0 Å². The maximum Gasteiger partial charge on any atom is 0.287 e. The summed E-state index contributed by atoms with van der Waals surface area (Å²) in [4.78, 5) is 15.4. The second-order valence-corrected chi connectivity index (χ2v) is 9.74. The number of rotatable bonds is 6. The number of hydrogen-bond donors (Lipinski definition) is 2. The first-order chi connectivity index (χ1) is 17.7. The van der Waals surface area contributed by atoms with Crippen molar-refractivity contribution in [3.8, 4) is 11.3 Å². The quantitative estimate of drug-likeness (QED) is 0.416. The lowest BCUT2D eigenvalue weighted by atomic mass is 9.71. The molecule has 1 spiro atoms. The Labute approximate surface area is 210 Å². The maximum absolute atomic E-state index is 12.9. The fraction of sp³-hybridized carbons (Fsp3) is 0.310. The molecule has 1 fully saturated rings. The average molecular weight is 483 g/mol. The monoisotopic (exact) mass is 482 g/mol. The summed E-state index contributed by atoms with van der Waals surface area (Å²) >= 11 is 0. The van der Waals surface area contributed by atoms with Crippen molar-refractivity contribution < 1.29 is 13.9 Å². The van der Waals surface area contributed by atoms with E-state index in [-0.39, 0.29) is 23.5 Å². The van der Waals surface area contributed by atoms with Crippen LogP contribution in [0.3, 0.4) is 0 Å². The van der Waals surface area contributed by atoms with Crippen molar-refractivity contribution in [2.45, 2.75) is 36.9 Å². The van der Waals surface area contributed by atoms with Crippen molar-refractivity contribution in [2.75, 3.05) is 20.2 Å². The van der Waals surface area contributed by atoms with Gasteiger partial charge in [-0.1, -0.05) is 54.6 Å². The van der Waals surface area contributed by atoms with Crippen LogP contribution in [0.5, 0.6) is 0 Å². The molecule has 0 radical (unpaired) electrons. The fourth-order valence-corrected chi connectivity index (χ4v) is 6.18. The molecule has 2 aromatic heterocycles. The number of benzene rings is 2. The van der Waals surface area contributed by atoms with E-state index >= 15 is 0 Å². The highest BCUT2D eigenvalue weighted by Gasteiger charge is 2.54. The minimum Gasteiger partial charge on any atom is -0.459 e. The van der Waals surface area contributed by atoms with Crippen molar-refractivity contribution in [1.82, 2.24) is 20.4 Å². The molecule has 2 aliphatic rings. The van der Waals surface area contributed by atoms with Gasteiger partial charge in [-0.25, -0.2) is 0 Å². The van der Waals surface area contributed by atoms with Gasteiger partial charge in [0, 0.05) is 24.6 Å². The van der Waals surface area contributed by atoms with Crippen molar-refractivity contribution in [3.63, 3.8) is 0 Å². The van der Waals surface area contributed by atoms with Gasteiger partial charge in [0.15, 0.2) is 5.76 Å². The second kappa shape index (κ2) is 9.41. The molecule has 0 bridgehead atoms. The number of carbonyl (C=O) groups is 1. The predicted octanol–water partition coefficient (Wildman–Crippen LogP) is 4.70. The van der Waals surface area contributed by atoms with E-state index in [1.54, 1.807) is 19.2 Å². The standard InChI is InChI=1S/C29H30N4O3/c1-35-27-26(31-28(34)24-12-7-17-36-24)22-10-5-6-11-23(22)29(27)13-15-33(16-14-29)19-21-18-30-32-25(21)20-8-3-2-4-9-20/h2-12,17-18,26-27H,13-16,19H2,1H3,(H,30,32)(H,31,34)/t26-,27+/m1/s1. The predicted molar refractivity (Wildman–Crippen MR) is 136 cm³/mol. The fourth-order valence-electron chi connectivity index (χ4n) is 6.18. The van der Waals surface area contributed by atoms with Crippen LogP contribution < -0.4 is 5.32 Å². The van der Waals surface area contributed by atoms with Crippen LogP contribution in [0.25, 0.3) is 11.3 Å². The number of nitrogens with zero attached hydrogens (tertiary/aromatic N) is 2. The van der Waals surface area contributed by atoms with E-state index in [9.17, 15) is 4.79 Å². The molecule has 2 N–H and O–H groups in total. The number of ether oxygens (including phenoxy) is 1. The first kappa shape index (κ1) is 22.8. The van der Waals surface area contributed by atoms with Crippen LogP contribution in [0, 0.1) is 0 Å². The highest BCUT2D eigenvalue weighted by molar-refractivity contribution is 5.91. The van der Waals surface area contributed by atoms with Crippen LogP contribution in [0.1, 0.15) is 46.1 Å². The van der Waals surface area contributed by atoms with Crippen molar-refractivity contribution >= 4 is 5.91 Å². The molecule has 2 aromatic carbocycles. The van der Waals surface area contributed by atoms with Gasteiger partial charge in [-0.3, -0.25) is 14.8 Å². The second-order valence-electron chi connectivity index (χ2n) is 9.74. The Morgan fingerprint density at radius 2 is 1.89 bits per heavy atom. The number of hydrogen-bond acceptors (Lipinski definition) is 5. The third-order valence-corrected chi connectivity index (χ3v) is 7.89. The maximum atomic E-state index is 12.9. The van der Waals surface area contributed by atoms with Crippen LogP contribution in [-0.2, 0) is 16.7 Å². The van der Waals surface area contributed by atoms with E-state index in [0.29, 0.717) is 5.76 Å². The number of aromatic amines is 1. The molecule has 1 aliphatic carbocycles. The zero-order chi connectivity index (χ0) is 24.5. The molecule has 36 heavy (non-hydrogen) atoms. The summed E-state index contributed by atoms with van der Waals surface area (Å²) in [6.07, 6.45) is 5.22. The largest absolute Gasteiger partial charge is 0.459 e. The van der Waals surface area contributed by atoms with E-state index in [4.69, 9.17) is 9.15 Å². The van der Waals surface area contributed by atoms with Gasteiger partial charge in [-0.2, -0.15) is 5.10 Å². The highest BCUT2D eigenvalue weighted by Crippen LogP contribution is 2.52. The number of H-pyrrole nitrogens is 1. The van der Waals surface area contributed by atoms with Crippen LogP contribution in [0.2, 0.25) is 0 Å². The van der Waals surface area contributed by atoms with Crippen LogP contribution in [-0.4, -0.2) is 47.3 Å². The zero-order valence-corrected chi connectivity index (χ0v) is 20.3. The summed E-state index contributed by atoms with van der Waals surface area (Å²) < 4.78 is 11.5. The lowest BCUT2D eigenvalue weighted by Crippen LogP contribution is -2.50. The Bertz CT molecular complexity index is 1320. The van der Waals surface area contributed by atoms with Gasteiger partial charge >= 0.3 is 0 Å². The third kappa shape index (κ3) is 3.85. The number of piperidine rings is 1. The molecule has 0 saturated carbocycles. The molecule has 1 aliphatic heterocycles. The Morgan fingerprint density at radius 1 is 1.11 bits per heavy atom. The number of aromatic nitrogens is 2. The molecular weight excluding hydrogens is 452 g/mol. The third-order valence-electron chi connectivity index (χ3n) is 7.89. The van der Waals surface area contributed by atoms with Crippen molar-refractivity contribution in [2.24, 2.45) is 0 Å². The smallest absolute Gasteiger partial charge is 0.287 e. The summed E-state index contributed by atoms with van der Waals surface area (Å²) in [7, 11) is 1.76. The minimum absolute atomic E-state index is 0.148. The minimum atomic E-state index is -0.228. The normalized spacial score (nSPS) is 20.9. The van der Waals surface area contributed by atoms with Gasteiger partial charge in [0.2, 0.25) is 0 Å². The topological polar surface area (TPSA) is 83.4 Å². The molecule has 7 nitrogen and oxygen atoms in total. The molecule has 4 aromatic rings. The summed E-state index contributed by atoms with van der Waals surface area (Å²) in [6, 6.07) is 22.0. The zero-order valence-electron chi connectivity index (χ0n) is 20.3. The molecule has 7 heteroatoms. The van der Waals surface area contributed by atoms with Gasteiger partial charge in [0.25, 0.3) is 5.91 Å². The Hall–Kier alpha value is -3.68. The Balaban J connectivity index is 1.22. The number of furan rings is 1.